The van der Waals surface area contributed by atoms with Crippen molar-refractivity contribution in [1.29, 1.82) is 0 Å². The predicted molar refractivity (Wildman–Crippen MR) is 39.8 cm³/mol. The van der Waals surface area contributed by atoms with Crippen molar-refractivity contribution in [3.05, 3.63) is 0 Å². The first-order valence-electron chi connectivity index (χ1n) is 3.78. The van der Waals surface area contributed by atoms with Gasteiger partial charge >= 0.3 is 6.18 Å². The van der Waals surface area contributed by atoms with Gasteiger partial charge in [0.05, 0.1) is 13.2 Å². The van der Waals surface area contributed by atoms with E-state index in [1.807, 2.05) is 0 Å². The van der Waals surface area contributed by atoms with E-state index >= 15 is 0 Å². The number of rotatable bonds is 4. The maximum Gasteiger partial charge on any atom is 0.401 e. The number of hydrogen-bond donors (Lipinski definition) is 1. The third kappa shape index (κ3) is 5.37. The van der Waals surface area contributed by atoms with Crippen molar-refractivity contribution in [3.8, 4) is 0 Å². The summed E-state index contributed by atoms with van der Waals surface area (Å²) < 4.78 is 35.6. The van der Waals surface area contributed by atoms with Crippen LogP contribution in [0.4, 0.5) is 13.2 Å². The first-order valence-corrected chi connectivity index (χ1v) is 3.78. The summed E-state index contributed by atoms with van der Waals surface area (Å²) in [4.78, 5) is 1.18. The summed E-state index contributed by atoms with van der Waals surface area (Å²) in [5.74, 6) is 0. The lowest BCUT2D eigenvalue weighted by molar-refractivity contribution is -0.150. The fraction of sp³-hybridized carbons (Fsp3) is 1.00. The summed E-state index contributed by atoms with van der Waals surface area (Å²) >= 11 is 0. The molecule has 0 aromatic rings. The van der Waals surface area contributed by atoms with E-state index in [9.17, 15) is 13.2 Å². The van der Waals surface area contributed by atoms with Gasteiger partial charge in [0.25, 0.3) is 0 Å². The molecule has 0 amide bonds. The SMILES string of the molecule is CC(C)N(CCO)CC(F)(F)F. The number of aliphatic hydroxyl groups is 1. The third-order valence-corrected chi connectivity index (χ3v) is 1.50. The average molecular weight is 185 g/mol. The molecule has 0 rings (SSSR count). The monoisotopic (exact) mass is 185 g/mol. The smallest absolute Gasteiger partial charge is 0.395 e. The maximum absolute atomic E-state index is 11.9. The van der Waals surface area contributed by atoms with Crippen LogP contribution >= 0.6 is 0 Å². The van der Waals surface area contributed by atoms with Crippen LogP contribution in [-0.2, 0) is 0 Å². The Morgan fingerprint density at radius 2 is 1.83 bits per heavy atom. The summed E-state index contributed by atoms with van der Waals surface area (Å²) in [6.07, 6.45) is -4.18. The van der Waals surface area contributed by atoms with Crippen molar-refractivity contribution in [3.63, 3.8) is 0 Å². The van der Waals surface area contributed by atoms with Crippen LogP contribution in [0.25, 0.3) is 0 Å². The Morgan fingerprint density at radius 1 is 1.33 bits per heavy atom. The zero-order valence-electron chi connectivity index (χ0n) is 7.23. The number of hydrogen-bond acceptors (Lipinski definition) is 2. The standard InChI is InChI=1S/C7H14F3NO/c1-6(2)11(3-4-12)5-7(8,9)10/h6,12H,3-5H2,1-2H3. The summed E-state index contributed by atoms with van der Waals surface area (Å²) in [6.45, 7) is 2.21. The molecule has 0 aromatic heterocycles. The van der Waals surface area contributed by atoms with Gasteiger partial charge in [0.15, 0.2) is 0 Å². The number of aliphatic hydroxyl groups excluding tert-OH is 1. The highest BCUT2D eigenvalue weighted by Gasteiger charge is 2.31. The molecule has 0 atom stereocenters. The lowest BCUT2D eigenvalue weighted by Gasteiger charge is -2.26. The van der Waals surface area contributed by atoms with E-state index in [2.05, 4.69) is 0 Å². The number of nitrogens with zero attached hydrogens (tertiary/aromatic N) is 1. The molecule has 1 N–H and O–H groups in total. The minimum atomic E-state index is -4.18. The second-order valence-corrected chi connectivity index (χ2v) is 2.90. The second kappa shape index (κ2) is 4.67. The van der Waals surface area contributed by atoms with Crippen LogP contribution in [0.2, 0.25) is 0 Å². The summed E-state index contributed by atoms with van der Waals surface area (Å²) in [5, 5.41) is 8.47. The van der Waals surface area contributed by atoms with E-state index < -0.39 is 12.7 Å². The van der Waals surface area contributed by atoms with Crippen molar-refractivity contribution in [1.82, 2.24) is 4.90 Å². The Kier molecular flexibility index (Phi) is 4.55. The highest BCUT2D eigenvalue weighted by atomic mass is 19.4. The van der Waals surface area contributed by atoms with Gasteiger partial charge in [-0.05, 0) is 13.8 Å². The zero-order valence-corrected chi connectivity index (χ0v) is 7.23. The Morgan fingerprint density at radius 3 is 2.08 bits per heavy atom. The van der Waals surface area contributed by atoms with Crippen LogP contribution in [0.3, 0.4) is 0 Å². The minimum Gasteiger partial charge on any atom is -0.395 e. The van der Waals surface area contributed by atoms with E-state index in [0.717, 1.165) is 0 Å². The normalized spacial score (nSPS) is 13.0. The Balaban J connectivity index is 3.95. The molecule has 0 aromatic carbocycles. The van der Waals surface area contributed by atoms with Gasteiger partial charge < -0.3 is 5.11 Å². The second-order valence-electron chi connectivity index (χ2n) is 2.90. The Bertz CT molecular complexity index is 124. The maximum atomic E-state index is 11.9. The minimum absolute atomic E-state index is 0.0666. The van der Waals surface area contributed by atoms with Crippen molar-refractivity contribution >= 4 is 0 Å². The first-order chi connectivity index (χ1) is 5.37. The molecule has 5 heteroatoms. The molecule has 0 heterocycles. The largest absolute Gasteiger partial charge is 0.401 e. The molecule has 0 saturated carbocycles. The van der Waals surface area contributed by atoms with Gasteiger partial charge in [-0.3, -0.25) is 4.90 Å². The summed E-state index contributed by atoms with van der Waals surface area (Å²) in [6, 6.07) is -0.196. The highest BCUT2D eigenvalue weighted by Crippen LogP contribution is 2.17. The molecule has 0 fully saturated rings. The van der Waals surface area contributed by atoms with Crippen LogP contribution in [0.15, 0.2) is 0 Å². The molecule has 74 valence electrons. The van der Waals surface area contributed by atoms with Crippen molar-refractivity contribution in [2.24, 2.45) is 0 Å². The van der Waals surface area contributed by atoms with Gasteiger partial charge in [-0.25, -0.2) is 0 Å². The Hall–Kier alpha value is -0.290. The summed E-state index contributed by atoms with van der Waals surface area (Å²) in [7, 11) is 0. The fourth-order valence-corrected chi connectivity index (χ4v) is 0.879. The van der Waals surface area contributed by atoms with Gasteiger partial charge in [0.1, 0.15) is 0 Å². The van der Waals surface area contributed by atoms with Gasteiger partial charge in [0.2, 0.25) is 0 Å². The third-order valence-electron chi connectivity index (χ3n) is 1.50. The number of halogens is 3. The van der Waals surface area contributed by atoms with Gasteiger partial charge in [-0.1, -0.05) is 0 Å². The topological polar surface area (TPSA) is 23.5 Å². The highest BCUT2D eigenvalue weighted by molar-refractivity contribution is 4.66. The van der Waals surface area contributed by atoms with Crippen LogP contribution in [0.5, 0.6) is 0 Å². The first kappa shape index (κ1) is 11.7. The van der Waals surface area contributed by atoms with E-state index in [1.165, 1.54) is 4.90 Å². The summed E-state index contributed by atoms with van der Waals surface area (Å²) in [5.41, 5.74) is 0. The molecule has 0 saturated heterocycles. The lowest BCUT2D eigenvalue weighted by atomic mass is 10.3. The molecule has 0 radical (unpaired) electrons. The van der Waals surface area contributed by atoms with Gasteiger partial charge in [-0.15, -0.1) is 0 Å². The van der Waals surface area contributed by atoms with Crippen LogP contribution in [0.1, 0.15) is 13.8 Å². The molecular weight excluding hydrogens is 171 g/mol. The quantitative estimate of drug-likeness (QED) is 0.712. The van der Waals surface area contributed by atoms with Crippen LogP contribution in [-0.4, -0.2) is 41.9 Å². The van der Waals surface area contributed by atoms with E-state index in [-0.39, 0.29) is 19.2 Å². The Labute approximate surface area is 70.0 Å². The predicted octanol–water partition coefficient (Wildman–Crippen LogP) is 1.25. The molecular formula is C7H14F3NO. The van der Waals surface area contributed by atoms with Crippen molar-refractivity contribution < 1.29 is 18.3 Å². The molecule has 0 spiro atoms. The van der Waals surface area contributed by atoms with Crippen molar-refractivity contribution in [2.75, 3.05) is 19.7 Å². The molecule has 0 aliphatic heterocycles. The molecule has 2 nitrogen and oxygen atoms in total. The lowest BCUT2D eigenvalue weighted by Crippen LogP contribution is -2.40. The van der Waals surface area contributed by atoms with Gasteiger partial charge in [0, 0.05) is 12.6 Å². The van der Waals surface area contributed by atoms with E-state index in [0.29, 0.717) is 0 Å². The van der Waals surface area contributed by atoms with Gasteiger partial charge in [-0.2, -0.15) is 13.2 Å². The molecule has 12 heavy (non-hydrogen) atoms. The average Bonchev–Trinajstić information content (AvgIpc) is 1.83. The van der Waals surface area contributed by atoms with Crippen molar-refractivity contribution in [2.45, 2.75) is 26.1 Å². The van der Waals surface area contributed by atoms with Crippen LogP contribution in [0, 0.1) is 0 Å². The van der Waals surface area contributed by atoms with E-state index in [1.54, 1.807) is 13.8 Å². The molecule has 0 bridgehead atoms. The molecule has 0 aliphatic rings. The van der Waals surface area contributed by atoms with E-state index in [4.69, 9.17) is 5.11 Å². The zero-order chi connectivity index (χ0) is 9.78. The van der Waals surface area contributed by atoms with Crippen LogP contribution < -0.4 is 0 Å². The molecule has 0 unspecified atom stereocenters. The molecule has 0 aliphatic carbocycles. The fourth-order valence-electron chi connectivity index (χ4n) is 0.879. The number of alkyl halides is 3.